The Morgan fingerprint density at radius 3 is 2.62 bits per heavy atom. The summed E-state index contributed by atoms with van der Waals surface area (Å²) in [5.74, 6) is -1.97. The van der Waals surface area contributed by atoms with Crippen molar-refractivity contribution in [3.05, 3.63) is 42.5 Å². The molecule has 3 amide bonds. The second-order valence-corrected chi connectivity index (χ2v) is 11.1. The average molecular weight is 508 g/mol. The lowest BCUT2D eigenvalue weighted by atomic mass is 9.70. The third kappa shape index (κ3) is 4.30. The Labute approximate surface area is 217 Å². The molecule has 0 aromatic heterocycles. The van der Waals surface area contributed by atoms with Gasteiger partial charge < -0.3 is 25.4 Å². The van der Waals surface area contributed by atoms with Gasteiger partial charge in [-0.05, 0) is 54.5 Å². The molecule has 3 saturated heterocycles. The van der Waals surface area contributed by atoms with Gasteiger partial charge in [0, 0.05) is 12.2 Å². The van der Waals surface area contributed by atoms with Gasteiger partial charge in [0.25, 0.3) is 0 Å². The maximum atomic E-state index is 14.1. The summed E-state index contributed by atoms with van der Waals surface area (Å²) in [5, 5.41) is 18.4. The highest BCUT2D eigenvalue weighted by atomic mass is 16.5. The molecule has 2 aromatic carbocycles. The van der Waals surface area contributed by atoms with Gasteiger partial charge in [-0.3, -0.25) is 14.4 Å². The van der Waals surface area contributed by atoms with Gasteiger partial charge in [-0.2, -0.15) is 0 Å². The first kappa shape index (κ1) is 25.7. The number of nitrogens with zero attached hydrogens (tertiary/aromatic N) is 1. The van der Waals surface area contributed by atoms with Crippen molar-refractivity contribution in [2.45, 2.75) is 70.2 Å². The fourth-order valence-electron chi connectivity index (χ4n) is 6.75. The molecule has 5 rings (SSSR count). The number of aliphatic hydroxyl groups is 1. The SMILES string of the molecule is CCCNC(=O)[C@@H]1[C@@H]2CCC3(O2)C(C(=O)Nc2ccc4ccccc4c2)N([C@@H](CO)CC(C)C)C(=O)[C@H]13. The Balaban J connectivity index is 1.51. The molecule has 0 saturated carbocycles. The summed E-state index contributed by atoms with van der Waals surface area (Å²) in [4.78, 5) is 42.8. The van der Waals surface area contributed by atoms with Gasteiger partial charge in [0.2, 0.25) is 17.7 Å². The zero-order valence-corrected chi connectivity index (χ0v) is 21.8. The summed E-state index contributed by atoms with van der Waals surface area (Å²) >= 11 is 0. The third-order valence-corrected chi connectivity index (χ3v) is 8.20. The van der Waals surface area contributed by atoms with Crippen LogP contribution in [0.15, 0.2) is 42.5 Å². The predicted octanol–water partition coefficient (Wildman–Crippen LogP) is 3.09. The largest absolute Gasteiger partial charge is 0.394 e. The van der Waals surface area contributed by atoms with E-state index in [9.17, 15) is 19.5 Å². The first-order chi connectivity index (χ1) is 17.8. The highest BCUT2D eigenvalue weighted by Gasteiger charge is 2.75. The van der Waals surface area contributed by atoms with Crippen LogP contribution in [-0.4, -0.2) is 64.7 Å². The summed E-state index contributed by atoms with van der Waals surface area (Å²) in [6.07, 6.45) is 2.09. The number of nitrogens with one attached hydrogen (secondary N) is 2. The maximum Gasteiger partial charge on any atom is 0.250 e. The molecule has 3 aliphatic rings. The zero-order chi connectivity index (χ0) is 26.3. The van der Waals surface area contributed by atoms with Crippen molar-refractivity contribution < 1.29 is 24.2 Å². The number of fused-ring (bicyclic) bond motifs is 2. The molecular formula is C29H37N3O5. The number of ether oxygens (including phenoxy) is 1. The number of hydrogen-bond acceptors (Lipinski definition) is 5. The highest BCUT2D eigenvalue weighted by Crippen LogP contribution is 2.59. The predicted molar refractivity (Wildman–Crippen MR) is 141 cm³/mol. The van der Waals surface area contributed by atoms with Gasteiger partial charge in [0.05, 0.1) is 30.6 Å². The van der Waals surface area contributed by atoms with E-state index in [1.807, 2.05) is 63.2 Å². The minimum atomic E-state index is -1.08. The van der Waals surface area contributed by atoms with Crippen molar-refractivity contribution in [2.24, 2.45) is 17.8 Å². The van der Waals surface area contributed by atoms with Crippen LogP contribution in [0.3, 0.4) is 0 Å². The van der Waals surface area contributed by atoms with Crippen molar-refractivity contribution in [3.8, 4) is 0 Å². The lowest BCUT2D eigenvalue weighted by Crippen LogP contribution is -2.56. The smallest absolute Gasteiger partial charge is 0.250 e. The molecule has 198 valence electrons. The second-order valence-electron chi connectivity index (χ2n) is 11.1. The monoisotopic (exact) mass is 507 g/mol. The topological polar surface area (TPSA) is 108 Å². The average Bonchev–Trinajstić information content (AvgIpc) is 3.53. The van der Waals surface area contributed by atoms with Crippen molar-refractivity contribution in [1.29, 1.82) is 0 Å². The molecule has 3 fully saturated rings. The number of anilines is 1. The van der Waals surface area contributed by atoms with Crippen LogP contribution in [-0.2, 0) is 19.1 Å². The fourth-order valence-corrected chi connectivity index (χ4v) is 6.75. The summed E-state index contributed by atoms with van der Waals surface area (Å²) in [6.45, 7) is 6.29. The molecule has 3 heterocycles. The molecular weight excluding hydrogens is 470 g/mol. The maximum absolute atomic E-state index is 14.1. The summed E-state index contributed by atoms with van der Waals surface area (Å²) in [6, 6.07) is 12.1. The van der Waals surface area contributed by atoms with E-state index in [2.05, 4.69) is 10.6 Å². The Bertz CT molecular complexity index is 1200. The quantitative estimate of drug-likeness (QED) is 0.484. The number of aliphatic hydroxyl groups excluding tert-OH is 1. The van der Waals surface area contributed by atoms with Gasteiger partial charge in [0.1, 0.15) is 11.6 Å². The lowest BCUT2D eigenvalue weighted by Gasteiger charge is -2.37. The summed E-state index contributed by atoms with van der Waals surface area (Å²) < 4.78 is 6.47. The molecule has 0 aliphatic carbocycles. The van der Waals surface area contributed by atoms with E-state index >= 15 is 0 Å². The van der Waals surface area contributed by atoms with Crippen LogP contribution in [0, 0.1) is 17.8 Å². The Morgan fingerprint density at radius 2 is 1.92 bits per heavy atom. The van der Waals surface area contributed by atoms with E-state index in [0.29, 0.717) is 31.5 Å². The van der Waals surface area contributed by atoms with E-state index in [1.54, 1.807) is 4.90 Å². The van der Waals surface area contributed by atoms with E-state index in [1.165, 1.54) is 0 Å². The van der Waals surface area contributed by atoms with Gasteiger partial charge in [-0.25, -0.2) is 0 Å². The van der Waals surface area contributed by atoms with Crippen molar-refractivity contribution in [1.82, 2.24) is 10.2 Å². The summed E-state index contributed by atoms with van der Waals surface area (Å²) in [5.41, 5.74) is -0.452. The minimum absolute atomic E-state index is 0.188. The molecule has 2 bridgehead atoms. The van der Waals surface area contributed by atoms with Crippen LogP contribution >= 0.6 is 0 Å². The number of likely N-dealkylation sites (tertiary alicyclic amines) is 1. The van der Waals surface area contributed by atoms with Crippen molar-refractivity contribution in [3.63, 3.8) is 0 Å². The number of hydrogen-bond donors (Lipinski definition) is 3. The van der Waals surface area contributed by atoms with Crippen molar-refractivity contribution >= 4 is 34.2 Å². The summed E-state index contributed by atoms with van der Waals surface area (Å²) in [7, 11) is 0. The molecule has 1 spiro atoms. The molecule has 6 atom stereocenters. The van der Waals surface area contributed by atoms with Gasteiger partial charge in [-0.15, -0.1) is 0 Å². The van der Waals surface area contributed by atoms with E-state index < -0.39 is 29.5 Å². The van der Waals surface area contributed by atoms with Crippen LogP contribution in [0.1, 0.15) is 46.5 Å². The Morgan fingerprint density at radius 1 is 1.16 bits per heavy atom. The zero-order valence-electron chi connectivity index (χ0n) is 21.8. The molecule has 3 N–H and O–H groups in total. The van der Waals surface area contributed by atoms with Gasteiger partial charge in [0.15, 0.2) is 0 Å². The van der Waals surface area contributed by atoms with E-state index in [4.69, 9.17) is 4.74 Å². The van der Waals surface area contributed by atoms with Gasteiger partial charge >= 0.3 is 0 Å². The van der Waals surface area contributed by atoms with E-state index in [0.717, 1.165) is 17.2 Å². The van der Waals surface area contributed by atoms with E-state index in [-0.39, 0.29) is 36.4 Å². The van der Waals surface area contributed by atoms with Crippen LogP contribution in [0.4, 0.5) is 5.69 Å². The van der Waals surface area contributed by atoms with Crippen molar-refractivity contribution in [2.75, 3.05) is 18.5 Å². The second kappa shape index (κ2) is 10.1. The fraction of sp³-hybridized carbons (Fsp3) is 0.552. The first-order valence-corrected chi connectivity index (χ1v) is 13.5. The molecule has 2 unspecified atom stereocenters. The van der Waals surface area contributed by atoms with Crippen LogP contribution in [0.2, 0.25) is 0 Å². The molecule has 0 radical (unpaired) electrons. The number of rotatable bonds is 9. The molecule has 8 heteroatoms. The molecule has 37 heavy (non-hydrogen) atoms. The van der Waals surface area contributed by atoms with Gasteiger partial charge in [-0.1, -0.05) is 51.1 Å². The molecule has 3 aliphatic heterocycles. The Hall–Kier alpha value is -2.97. The normalized spacial score (nSPS) is 29.1. The van der Waals surface area contributed by atoms with Crippen LogP contribution in [0.25, 0.3) is 10.8 Å². The van der Waals surface area contributed by atoms with Crippen LogP contribution in [0.5, 0.6) is 0 Å². The number of amides is 3. The Kier molecular flexibility index (Phi) is 6.98. The standard InChI is InChI=1S/C29H37N3O5/c1-4-13-30-26(34)23-22-11-12-29(37-22)24(23)28(36)32(21(16-33)14-17(2)3)25(29)27(35)31-20-10-9-18-7-5-6-8-19(18)15-20/h5-10,15,17,21-25,33H,4,11-14,16H2,1-3H3,(H,30,34)(H,31,35)/t21-,22+,23-,24+,25?,29?/m1/s1. The number of carbonyl (C=O) groups is 3. The lowest BCUT2D eigenvalue weighted by molar-refractivity contribution is -0.144. The van der Waals surface area contributed by atoms with Crippen LogP contribution < -0.4 is 10.6 Å². The minimum Gasteiger partial charge on any atom is -0.394 e. The number of carbonyl (C=O) groups excluding carboxylic acids is 3. The highest BCUT2D eigenvalue weighted by molar-refractivity contribution is 6.04. The number of benzene rings is 2. The third-order valence-electron chi connectivity index (χ3n) is 8.20. The first-order valence-electron chi connectivity index (χ1n) is 13.5. The molecule has 2 aromatic rings. The molecule has 8 nitrogen and oxygen atoms in total.